The van der Waals surface area contributed by atoms with Gasteiger partial charge in [0.15, 0.2) is 8.32 Å². The van der Waals surface area contributed by atoms with Crippen LogP contribution in [0.15, 0.2) is 35.4 Å². The van der Waals surface area contributed by atoms with E-state index in [1.54, 1.807) is 7.11 Å². The van der Waals surface area contributed by atoms with Crippen LogP contribution in [0.25, 0.3) is 0 Å². The lowest BCUT2D eigenvalue weighted by Crippen LogP contribution is -2.45. The highest BCUT2D eigenvalue weighted by atomic mass is 28.4. The van der Waals surface area contributed by atoms with E-state index in [4.69, 9.17) is 13.9 Å². The van der Waals surface area contributed by atoms with Crippen LogP contribution in [0.1, 0.15) is 97.3 Å². The summed E-state index contributed by atoms with van der Waals surface area (Å²) in [5.41, 5.74) is 4.14. The number of aliphatic hydroxyl groups excluding tert-OH is 1. The minimum absolute atomic E-state index is 0.162. The van der Waals surface area contributed by atoms with Crippen molar-refractivity contribution in [3.63, 3.8) is 0 Å². The van der Waals surface area contributed by atoms with Gasteiger partial charge in [-0.05, 0) is 89.2 Å². The minimum Gasteiger partial charge on any atom is -0.496 e. The summed E-state index contributed by atoms with van der Waals surface area (Å²) in [7, 11) is -0.211. The van der Waals surface area contributed by atoms with Gasteiger partial charge in [-0.3, -0.25) is 0 Å². The minimum atomic E-state index is -1.86. The number of methoxy groups -OCH3 is 1. The van der Waals surface area contributed by atoms with E-state index in [1.165, 1.54) is 11.1 Å². The van der Waals surface area contributed by atoms with Crippen LogP contribution in [-0.4, -0.2) is 32.7 Å². The van der Waals surface area contributed by atoms with Crippen LogP contribution in [0.4, 0.5) is 0 Å². The molecule has 1 heterocycles. The molecule has 198 valence electrons. The van der Waals surface area contributed by atoms with E-state index in [2.05, 4.69) is 66.8 Å². The zero-order valence-electron chi connectivity index (χ0n) is 24.0. The van der Waals surface area contributed by atoms with Gasteiger partial charge in [0.2, 0.25) is 0 Å². The highest BCUT2D eigenvalue weighted by Crippen LogP contribution is 2.48. The average Bonchev–Trinajstić information content (AvgIpc) is 2.71. The number of rotatable bonds is 11. The molecule has 1 aliphatic rings. The molecule has 0 saturated heterocycles. The predicted octanol–water partition coefficient (Wildman–Crippen LogP) is 8.44. The second-order valence-corrected chi connectivity index (χ2v) is 17.0. The molecule has 1 aromatic rings. The highest BCUT2D eigenvalue weighted by Gasteiger charge is 2.43. The van der Waals surface area contributed by atoms with Gasteiger partial charge in [-0.15, -0.1) is 0 Å². The maximum atomic E-state index is 11.3. The van der Waals surface area contributed by atoms with Gasteiger partial charge in [-0.2, -0.15) is 0 Å². The summed E-state index contributed by atoms with van der Waals surface area (Å²) >= 11 is 0. The van der Waals surface area contributed by atoms with Gasteiger partial charge in [0.25, 0.3) is 0 Å². The fourth-order valence-electron chi connectivity index (χ4n) is 4.46. The number of ether oxygens (including phenoxy) is 2. The van der Waals surface area contributed by atoms with Crippen LogP contribution in [0, 0.1) is 6.92 Å². The first-order valence-electron chi connectivity index (χ1n) is 13.2. The summed E-state index contributed by atoms with van der Waals surface area (Å²) in [5.74, 6) is 1.45. The van der Waals surface area contributed by atoms with Crippen LogP contribution < -0.4 is 9.47 Å². The fourth-order valence-corrected chi connectivity index (χ4v) is 5.50. The third kappa shape index (κ3) is 8.23. The van der Waals surface area contributed by atoms with Crippen molar-refractivity contribution in [2.75, 3.05) is 13.7 Å². The molecule has 5 heteroatoms. The fraction of sp³-hybridized carbons (Fsp3) is 0.667. The molecule has 4 nitrogen and oxygen atoms in total. The Morgan fingerprint density at radius 3 is 2.43 bits per heavy atom. The van der Waals surface area contributed by atoms with Gasteiger partial charge >= 0.3 is 0 Å². The molecule has 35 heavy (non-hydrogen) atoms. The van der Waals surface area contributed by atoms with Crippen LogP contribution in [0.5, 0.6) is 11.5 Å². The Hall–Kier alpha value is -1.56. The monoisotopic (exact) mass is 502 g/mol. The van der Waals surface area contributed by atoms with Gasteiger partial charge < -0.3 is 19.0 Å². The lowest BCUT2D eigenvalue weighted by atomic mass is 9.82. The first-order valence-corrected chi connectivity index (χ1v) is 16.1. The summed E-state index contributed by atoms with van der Waals surface area (Å²) < 4.78 is 18.9. The molecule has 1 N–H and O–H groups in total. The summed E-state index contributed by atoms with van der Waals surface area (Å²) in [5, 5.41) is 11.4. The summed E-state index contributed by atoms with van der Waals surface area (Å²) in [6.45, 7) is 20.6. The van der Waals surface area contributed by atoms with Crippen molar-refractivity contribution in [3.8, 4) is 11.5 Å². The maximum Gasteiger partial charge on any atom is 0.191 e. The summed E-state index contributed by atoms with van der Waals surface area (Å²) in [4.78, 5) is 0. The standard InChI is InChI=1S/C30H50O4Si/c1-22(2)13-11-14-23(3)15-12-16-30(17-18-33-35(9,10)29(5,6)7)21-25(31)28-26(32-8)19-24(4)20-27(28)34-30/h13,15,19-20,25,31H,11-12,14,16-18,21H2,1-10H3/b23-15+/t25-,30+/m0/s1. The van der Waals surface area contributed by atoms with Gasteiger partial charge in [-0.1, -0.05) is 44.1 Å². The largest absolute Gasteiger partial charge is 0.496 e. The topological polar surface area (TPSA) is 47.9 Å². The number of hydrogen-bond donors (Lipinski definition) is 1. The Bertz CT molecular complexity index is 906. The van der Waals surface area contributed by atoms with Crippen LogP contribution in [0.3, 0.4) is 0 Å². The van der Waals surface area contributed by atoms with Crippen molar-refractivity contribution in [3.05, 3.63) is 46.6 Å². The smallest absolute Gasteiger partial charge is 0.191 e. The highest BCUT2D eigenvalue weighted by molar-refractivity contribution is 6.74. The predicted molar refractivity (Wildman–Crippen MR) is 150 cm³/mol. The Balaban J connectivity index is 2.24. The lowest BCUT2D eigenvalue weighted by Gasteiger charge is -2.43. The van der Waals surface area contributed by atoms with Crippen molar-refractivity contribution in [1.29, 1.82) is 0 Å². The van der Waals surface area contributed by atoms with E-state index in [1.807, 2.05) is 19.1 Å². The van der Waals surface area contributed by atoms with E-state index in [0.717, 1.165) is 49.0 Å². The summed E-state index contributed by atoms with van der Waals surface area (Å²) in [6, 6.07) is 4.00. The maximum absolute atomic E-state index is 11.3. The molecular formula is C30H50O4Si. The van der Waals surface area contributed by atoms with Crippen LogP contribution >= 0.6 is 0 Å². The molecule has 0 aliphatic carbocycles. The molecule has 1 aromatic carbocycles. The first-order chi connectivity index (χ1) is 16.2. The van der Waals surface area contributed by atoms with Crippen molar-refractivity contribution in [1.82, 2.24) is 0 Å². The molecule has 2 atom stereocenters. The molecule has 1 aliphatic heterocycles. The quantitative estimate of drug-likeness (QED) is 0.244. The third-order valence-corrected chi connectivity index (χ3v) is 12.2. The lowest BCUT2D eigenvalue weighted by molar-refractivity contribution is -0.0340. The van der Waals surface area contributed by atoms with E-state index >= 15 is 0 Å². The Kier molecular flexibility index (Phi) is 10.3. The molecule has 0 saturated carbocycles. The van der Waals surface area contributed by atoms with E-state index < -0.39 is 20.0 Å². The van der Waals surface area contributed by atoms with Gasteiger partial charge in [0, 0.05) is 19.4 Å². The van der Waals surface area contributed by atoms with Crippen LogP contribution in [-0.2, 0) is 4.43 Å². The zero-order chi connectivity index (χ0) is 26.4. The molecule has 0 aromatic heterocycles. The molecule has 2 rings (SSSR count). The van der Waals surface area contributed by atoms with E-state index in [-0.39, 0.29) is 5.04 Å². The van der Waals surface area contributed by atoms with Crippen molar-refractivity contribution in [2.24, 2.45) is 0 Å². The Labute approximate surface area is 215 Å². The summed E-state index contributed by atoms with van der Waals surface area (Å²) in [6.07, 6.45) is 9.26. The molecule has 0 spiro atoms. The van der Waals surface area contributed by atoms with Gasteiger partial charge in [0.1, 0.15) is 17.1 Å². The van der Waals surface area contributed by atoms with Gasteiger partial charge in [0.05, 0.1) is 18.8 Å². The van der Waals surface area contributed by atoms with Crippen LogP contribution in [0.2, 0.25) is 18.1 Å². The van der Waals surface area contributed by atoms with Crippen molar-refractivity contribution < 1.29 is 19.0 Å². The first kappa shape index (κ1) is 29.7. The molecule has 0 fully saturated rings. The number of fused-ring (bicyclic) bond motifs is 1. The second-order valence-electron chi connectivity index (χ2n) is 12.2. The number of aliphatic hydroxyl groups is 1. The number of benzene rings is 1. The van der Waals surface area contributed by atoms with E-state index in [0.29, 0.717) is 18.8 Å². The normalized spacial score (nSPS) is 20.8. The molecular weight excluding hydrogens is 452 g/mol. The average molecular weight is 503 g/mol. The molecule has 0 bridgehead atoms. The number of hydrogen-bond acceptors (Lipinski definition) is 4. The SMILES string of the molecule is COc1cc(C)cc2c1[C@@H](O)C[C@@](CC/C=C(\C)CCC=C(C)C)(CCO[Si](C)(C)C(C)(C)C)O2. The van der Waals surface area contributed by atoms with Crippen molar-refractivity contribution in [2.45, 2.75) is 117 Å². The van der Waals surface area contributed by atoms with Crippen molar-refractivity contribution >= 4 is 8.32 Å². The zero-order valence-corrected chi connectivity index (χ0v) is 25.0. The Morgan fingerprint density at radius 1 is 1.14 bits per heavy atom. The second kappa shape index (κ2) is 12.1. The van der Waals surface area contributed by atoms with Gasteiger partial charge in [-0.25, -0.2) is 0 Å². The van der Waals surface area contributed by atoms with E-state index in [9.17, 15) is 5.11 Å². The molecule has 0 radical (unpaired) electrons. The Morgan fingerprint density at radius 2 is 1.83 bits per heavy atom. The number of allylic oxidation sites excluding steroid dienone is 4. The third-order valence-electron chi connectivity index (χ3n) is 7.70. The number of aryl methyl sites for hydroxylation is 1. The molecule has 0 unspecified atom stereocenters. The molecule has 0 amide bonds.